The van der Waals surface area contributed by atoms with E-state index in [4.69, 9.17) is 5.73 Å². The lowest BCUT2D eigenvalue weighted by Crippen LogP contribution is -2.39. The van der Waals surface area contributed by atoms with E-state index in [0.29, 0.717) is 11.6 Å². The van der Waals surface area contributed by atoms with Gasteiger partial charge in [0.1, 0.15) is 0 Å². The second kappa shape index (κ2) is 6.56. The third kappa shape index (κ3) is 3.34. The second-order valence-corrected chi connectivity index (χ2v) is 4.25. The van der Waals surface area contributed by atoms with Gasteiger partial charge in [-0.25, -0.2) is 4.79 Å². The standard InChI is InChI=1S/C12H17N3O2.ClH/c1-17-12(16)9-6-11(8-14-7-9)15-4-2-10(13)3-5-15;/h6-8,10H,2-5,13H2,1H3;1H. The molecule has 5 nitrogen and oxygen atoms in total. The fraction of sp³-hybridized carbons (Fsp3) is 0.500. The summed E-state index contributed by atoms with van der Waals surface area (Å²) in [5.74, 6) is -0.354. The van der Waals surface area contributed by atoms with Gasteiger partial charge in [0.05, 0.1) is 24.6 Å². The van der Waals surface area contributed by atoms with Crippen LogP contribution in [0, 0.1) is 0 Å². The van der Waals surface area contributed by atoms with E-state index in [0.717, 1.165) is 31.6 Å². The number of hydrogen-bond donors (Lipinski definition) is 1. The first-order valence-electron chi connectivity index (χ1n) is 5.74. The summed E-state index contributed by atoms with van der Waals surface area (Å²) >= 11 is 0. The summed E-state index contributed by atoms with van der Waals surface area (Å²) in [7, 11) is 1.37. The minimum absolute atomic E-state index is 0. The Kier molecular flexibility index (Phi) is 5.37. The molecular weight excluding hydrogens is 254 g/mol. The van der Waals surface area contributed by atoms with Crippen molar-refractivity contribution >= 4 is 24.1 Å². The van der Waals surface area contributed by atoms with Crippen LogP contribution >= 0.6 is 12.4 Å². The van der Waals surface area contributed by atoms with Crippen LogP contribution in [0.5, 0.6) is 0 Å². The molecule has 100 valence electrons. The van der Waals surface area contributed by atoms with Crippen LogP contribution in [-0.2, 0) is 4.74 Å². The number of nitrogens with zero attached hydrogens (tertiary/aromatic N) is 2. The van der Waals surface area contributed by atoms with Crippen molar-refractivity contribution in [3.05, 3.63) is 24.0 Å². The lowest BCUT2D eigenvalue weighted by Gasteiger charge is -2.31. The normalized spacial score (nSPS) is 16.0. The number of hydrogen-bond acceptors (Lipinski definition) is 5. The molecule has 0 aliphatic carbocycles. The number of pyridine rings is 1. The minimum Gasteiger partial charge on any atom is -0.465 e. The van der Waals surface area contributed by atoms with Crippen LogP contribution in [-0.4, -0.2) is 37.2 Å². The third-order valence-electron chi connectivity index (χ3n) is 3.05. The number of carbonyl (C=O) groups is 1. The number of methoxy groups -OCH3 is 1. The molecular formula is C12H18ClN3O2. The van der Waals surface area contributed by atoms with Crippen LogP contribution in [0.25, 0.3) is 0 Å². The maximum atomic E-state index is 11.4. The van der Waals surface area contributed by atoms with E-state index in [1.807, 2.05) is 6.07 Å². The lowest BCUT2D eigenvalue weighted by molar-refractivity contribution is 0.0600. The van der Waals surface area contributed by atoms with Crippen molar-refractivity contribution in [2.45, 2.75) is 18.9 Å². The van der Waals surface area contributed by atoms with Crippen molar-refractivity contribution in [1.29, 1.82) is 0 Å². The Morgan fingerprint density at radius 3 is 2.72 bits per heavy atom. The second-order valence-electron chi connectivity index (χ2n) is 4.25. The minimum atomic E-state index is -0.354. The van der Waals surface area contributed by atoms with Gasteiger partial charge in [0, 0.05) is 25.3 Å². The number of piperidine rings is 1. The van der Waals surface area contributed by atoms with E-state index >= 15 is 0 Å². The maximum Gasteiger partial charge on any atom is 0.339 e. The number of esters is 1. The number of anilines is 1. The number of aromatic nitrogens is 1. The van der Waals surface area contributed by atoms with E-state index in [1.165, 1.54) is 13.3 Å². The first-order chi connectivity index (χ1) is 8.20. The van der Waals surface area contributed by atoms with Crippen LogP contribution in [0.4, 0.5) is 5.69 Å². The highest BCUT2D eigenvalue weighted by atomic mass is 35.5. The molecule has 0 unspecified atom stereocenters. The molecule has 0 radical (unpaired) electrons. The van der Waals surface area contributed by atoms with Crippen molar-refractivity contribution in [2.24, 2.45) is 5.73 Å². The average molecular weight is 272 g/mol. The molecule has 18 heavy (non-hydrogen) atoms. The Hall–Kier alpha value is -1.33. The molecule has 0 atom stereocenters. The van der Waals surface area contributed by atoms with Crippen LogP contribution in [0.15, 0.2) is 18.5 Å². The Bertz CT molecular complexity index is 406. The average Bonchev–Trinajstić information content (AvgIpc) is 2.39. The van der Waals surface area contributed by atoms with Crippen LogP contribution in [0.3, 0.4) is 0 Å². The molecule has 6 heteroatoms. The van der Waals surface area contributed by atoms with Gasteiger partial charge in [-0.15, -0.1) is 12.4 Å². The fourth-order valence-corrected chi connectivity index (χ4v) is 1.99. The molecule has 2 heterocycles. The molecule has 2 rings (SSSR count). The zero-order valence-corrected chi connectivity index (χ0v) is 11.2. The third-order valence-corrected chi connectivity index (χ3v) is 3.05. The van der Waals surface area contributed by atoms with E-state index in [1.54, 1.807) is 6.20 Å². The zero-order chi connectivity index (χ0) is 12.3. The predicted molar refractivity (Wildman–Crippen MR) is 72.2 cm³/mol. The Morgan fingerprint density at radius 1 is 1.44 bits per heavy atom. The van der Waals surface area contributed by atoms with E-state index in [9.17, 15) is 4.79 Å². The van der Waals surface area contributed by atoms with Gasteiger partial charge in [-0.1, -0.05) is 0 Å². The molecule has 0 spiro atoms. The van der Waals surface area contributed by atoms with Gasteiger partial charge in [0.2, 0.25) is 0 Å². The van der Waals surface area contributed by atoms with Crippen molar-refractivity contribution in [3.8, 4) is 0 Å². The van der Waals surface area contributed by atoms with Crippen molar-refractivity contribution in [1.82, 2.24) is 4.98 Å². The molecule has 1 aliphatic rings. The summed E-state index contributed by atoms with van der Waals surface area (Å²) in [4.78, 5) is 17.7. The van der Waals surface area contributed by atoms with Gasteiger partial charge in [-0.3, -0.25) is 4.98 Å². The highest BCUT2D eigenvalue weighted by molar-refractivity contribution is 5.90. The summed E-state index contributed by atoms with van der Waals surface area (Å²) in [6.45, 7) is 1.82. The number of halogens is 1. The Labute approximate surface area is 113 Å². The molecule has 1 aromatic rings. The highest BCUT2D eigenvalue weighted by Gasteiger charge is 2.17. The quantitative estimate of drug-likeness (QED) is 0.819. The summed E-state index contributed by atoms with van der Waals surface area (Å²) in [5.41, 5.74) is 7.30. The zero-order valence-electron chi connectivity index (χ0n) is 10.3. The van der Waals surface area contributed by atoms with Gasteiger partial charge >= 0.3 is 5.97 Å². The number of ether oxygens (including phenoxy) is 1. The van der Waals surface area contributed by atoms with E-state index in [-0.39, 0.29) is 18.4 Å². The molecule has 0 saturated carbocycles. The number of nitrogens with two attached hydrogens (primary N) is 1. The fourth-order valence-electron chi connectivity index (χ4n) is 1.99. The van der Waals surface area contributed by atoms with Gasteiger partial charge in [-0.2, -0.15) is 0 Å². The molecule has 1 aliphatic heterocycles. The summed E-state index contributed by atoms with van der Waals surface area (Å²) in [6.07, 6.45) is 5.24. The van der Waals surface area contributed by atoms with Crippen LogP contribution < -0.4 is 10.6 Å². The smallest absolute Gasteiger partial charge is 0.339 e. The molecule has 0 aromatic carbocycles. The van der Waals surface area contributed by atoms with Crippen molar-refractivity contribution in [2.75, 3.05) is 25.1 Å². The van der Waals surface area contributed by atoms with Gasteiger partial charge < -0.3 is 15.4 Å². The SMILES string of the molecule is COC(=O)c1cncc(N2CCC(N)CC2)c1.Cl. The lowest BCUT2D eigenvalue weighted by atomic mass is 10.1. The molecule has 1 aromatic heterocycles. The highest BCUT2D eigenvalue weighted by Crippen LogP contribution is 2.19. The van der Waals surface area contributed by atoms with E-state index < -0.39 is 0 Å². The molecule has 0 amide bonds. The first kappa shape index (κ1) is 14.7. The van der Waals surface area contributed by atoms with Crippen LogP contribution in [0.2, 0.25) is 0 Å². The molecule has 1 fully saturated rings. The Morgan fingerprint density at radius 2 is 2.11 bits per heavy atom. The molecule has 2 N–H and O–H groups in total. The largest absolute Gasteiger partial charge is 0.465 e. The summed E-state index contributed by atoms with van der Waals surface area (Å²) in [6, 6.07) is 2.11. The molecule has 1 saturated heterocycles. The van der Waals surface area contributed by atoms with Crippen molar-refractivity contribution < 1.29 is 9.53 Å². The van der Waals surface area contributed by atoms with E-state index in [2.05, 4.69) is 14.6 Å². The monoisotopic (exact) mass is 271 g/mol. The van der Waals surface area contributed by atoms with Crippen LogP contribution in [0.1, 0.15) is 23.2 Å². The molecule has 0 bridgehead atoms. The van der Waals surface area contributed by atoms with Gasteiger partial charge in [0.25, 0.3) is 0 Å². The predicted octanol–water partition coefficient (Wildman–Crippen LogP) is 1.22. The first-order valence-corrected chi connectivity index (χ1v) is 5.74. The topological polar surface area (TPSA) is 68.5 Å². The van der Waals surface area contributed by atoms with Crippen molar-refractivity contribution in [3.63, 3.8) is 0 Å². The number of rotatable bonds is 2. The Balaban J connectivity index is 0.00000162. The maximum absolute atomic E-state index is 11.4. The summed E-state index contributed by atoms with van der Waals surface area (Å²) < 4.78 is 4.68. The van der Waals surface area contributed by atoms with Gasteiger partial charge in [-0.05, 0) is 18.9 Å². The summed E-state index contributed by atoms with van der Waals surface area (Å²) in [5, 5.41) is 0. The number of carbonyl (C=O) groups excluding carboxylic acids is 1. The van der Waals surface area contributed by atoms with Gasteiger partial charge in [0.15, 0.2) is 0 Å².